The summed E-state index contributed by atoms with van der Waals surface area (Å²) in [5.74, 6) is -0.359. The van der Waals surface area contributed by atoms with E-state index in [4.69, 9.17) is 9.47 Å². The zero-order valence-electron chi connectivity index (χ0n) is 13.7. The quantitative estimate of drug-likeness (QED) is 0.348. The Morgan fingerprint density at radius 3 is 1.95 bits per heavy atom. The molecule has 0 aromatic carbocycles. The van der Waals surface area contributed by atoms with Gasteiger partial charge in [0.25, 0.3) is 0 Å². The molecule has 0 bridgehead atoms. The fraction of sp³-hybridized carbons (Fsp3) is 0.824. The van der Waals surface area contributed by atoms with Crippen LogP contribution in [0.15, 0.2) is 0 Å². The number of esters is 2. The predicted molar refractivity (Wildman–Crippen MR) is 83.5 cm³/mol. The van der Waals surface area contributed by atoms with Crippen molar-refractivity contribution in [1.29, 1.82) is 0 Å². The predicted octanol–water partition coefficient (Wildman–Crippen LogP) is 4.57. The zero-order valence-corrected chi connectivity index (χ0v) is 13.7. The third kappa shape index (κ3) is 15.2. The average Bonchev–Trinajstić information content (AvgIpc) is 2.48. The van der Waals surface area contributed by atoms with Crippen LogP contribution in [0.4, 0.5) is 0 Å². The van der Waals surface area contributed by atoms with Crippen LogP contribution in [0.25, 0.3) is 0 Å². The van der Waals surface area contributed by atoms with Crippen molar-refractivity contribution in [3.63, 3.8) is 0 Å². The van der Waals surface area contributed by atoms with Crippen LogP contribution in [0.5, 0.6) is 0 Å². The number of carbonyl (C=O) groups is 2. The van der Waals surface area contributed by atoms with Crippen molar-refractivity contribution in [2.45, 2.75) is 84.5 Å². The van der Waals surface area contributed by atoms with Crippen LogP contribution in [-0.4, -0.2) is 18.5 Å². The van der Waals surface area contributed by atoms with Crippen molar-refractivity contribution < 1.29 is 19.1 Å². The lowest BCUT2D eigenvalue weighted by Gasteiger charge is -2.05. The molecule has 0 aromatic heterocycles. The minimum absolute atomic E-state index is 0.162. The second-order valence-electron chi connectivity index (χ2n) is 5.29. The minimum atomic E-state index is -0.197. The molecule has 0 spiro atoms. The van der Waals surface area contributed by atoms with Crippen LogP contribution in [0.3, 0.4) is 0 Å². The summed E-state index contributed by atoms with van der Waals surface area (Å²) in [6.45, 7) is 6.00. The second kappa shape index (κ2) is 15.3. The molecule has 0 amide bonds. The second-order valence-corrected chi connectivity index (χ2v) is 5.29. The highest BCUT2D eigenvalue weighted by Crippen LogP contribution is 2.06. The summed E-state index contributed by atoms with van der Waals surface area (Å²) < 4.78 is 10.0. The molecule has 0 N–H and O–H groups in total. The van der Waals surface area contributed by atoms with Crippen LogP contribution in [-0.2, 0) is 19.1 Å². The van der Waals surface area contributed by atoms with Gasteiger partial charge in [-0.1, -0.05) is 52.4 Å². The lowest BCUT2D eigenvalue weighted by Crippen LogP contribution is -2.08. The minimum Gasteiger partial charge on any atom is -0.466 e. The molecule has 0 atom stereocenters. The maximum absolute atomic E-state index is 11.4. The molecule has 0 heterocycles. The summed E-state index contributed by atoms with van der Waals surface area (Å²) in [7, 11) is 0. The summed E-state index contributed by atoms with van der Waals surface area (Å²) in [5, 5.41) is 0. The molecule has 1 radical (unpaired) electrons. The third-order valence-corrected chi connectivity index (χ3v) is 3.18. The number of ether oxygens (including phenoxy) is 2. The molecule has 0 saturated carbocycles. The fourth-order valence-electron chi connectivity index (χ4n) is 1.90. The van der Waals surface area contributed by atoms with Crippen molar-refractivity contribution >= 4 is 11.9 Å². The monoisotopic (exact) mass is 299 g/mol. The van der Waals surface area contributed by atoms with Crippen LogP contribution in [0.1, 0.15) is 84.5 Å². The Hall–Kier alpha value is -1.06. The summed E-state index contributed by atoms with van der Waals surface area (Å²) in [4.78, 5) is 22.7. The topological polar surface area (TPSA) is 52.6 Å². The van der Waals surface area contributed by atoms with E-state index in [1.807, 2.05) is 0 Å². The van der Waals surface area contributed by atoms with Gasteiger partial charge in [0.1, 0.15) is 6.61 Å². The molecule has 0 aliphatic rings. The van der Waals surface area contributed by atoms with Gasteiger partial charge >= 0.3 is 11.9 Å². The van der Waals surface area contributed by atoms with Crippen LogP contribution >= 0.6 is 0 Å². The first-order chi connectivity index (χ1) is 10.2. The third-order valence-electron chi connectivity index (χ3n) is 3.18. The van der Waals surface area contributed by atoms with Crippen molar-refractivity contribution in [1.82, 2.24) is 0 Å². The van der Waals surface area contributed by atoms with Crippen molar-refractivity contribution in [3.8, 4) is 0 Å². The smallest absolute Gasteiger partial charge is 0.306 e. The summed E-state index contributed by atoms with van der Waals surface area (Å²) in [6.07, 6.45) is 9.97. The van der Waals surface area contributed by atoms with E-state index in [1.165, 1.54) is 6.61 Å². The van der Waals surface area contributed by atoms with Gasteiger partial charge in [0.05, 0.1) is 6.61 Å². The SMILES string of the molecule is CCCCCCC(=O)O[CH]CCOC(=O)CCCCCC. The van der Waals surface area contributed by atoms with E-state index in [0.29, 0.717) is 19.3 Å². The molecule has 0 aliphatic carbocycles. The molecule has 0 aromatic rings. The molecule has 4 heteroatoms. The van der Waals surface area contributed by atoms with Gasteiger partial charge < -0.3 is 9.47 Å². The first-order valence-corrected chi connectivity index (χ1v) is 8.37. The Morgan fingerprint density at radius 2 is 1.38 bits per heavy atom. The molecule has 0 unspecified atom stereocenters. The average molecular weight is 299 g/mol. The van der Waals surface area contributed by atoms with E-state index >= 15 is 0 Å². The Bertz CT molecular complexity index is 238. The van der Waals surface area contributed by atoms with Gasteiger partial charge in [-0.05, 0) is 12.8 Å². The van der Waals surface area contributed by atoms with Crippen molar-refractivity contribution in [3.05, 3.63) is 6.61 Å². The summed E-state index contributed by atoms with van der Waals surface area (Å²) >= 11 is 0. The molecule has 0 rings (SSSR count). The first-order valence-electron chi connectivity index (χ1n) is 8.37. The van der Waals surface area contributed by atoms with Gasteiger partial charge in [0.2, 0.25) is 0 Å². The van der Waals surface area contributed by atoms with Crippen molar-refractivity contribution in [2.75, 3.05) is 6.61 Å². The van der Waals surface area contributed by atoms with Crippen LogP contribution in [0.2, 0.25) is 0 Å². The van der Waals surface area contributed by atoms with Gasteiger partial charge in [0.15, 0.2) is 0 Å². The Morgan fingerprint density at radius 1 is 0.810 bits per heavy atom. The van der Waals surface area contributed by atoms with E-state index in [1.54, 1.807) is 0 Å². The maximum atomic E-state index is 11.4. The molecule has 21 heavy (non-hydrogen) atoms. The van der Waals surface area contributed by atoms with Crippen molar-refractivity contribution in [2.24, 2.45) is 0 Å². The first kappa shape index (κ1) is 19.9. The molecule has 0 fully saturated rings. The Labute approximate surface area is 129 Å². The highest BCUT2D eigenvalue weighted by atomic mass is 16.5. The van der Waals surface area contributed by atoms with Gasteiger partial charge in [-0.25, -0.2) is 0 Å². The molecular formula is C17H31O4. The van der Waals surface area contributed by atoms with Gasteiger partial charge in [0, 0.05) is 19.3 Å². The van der Waals surface area contributed by atoms with Gasteiger partial charge in [-0.2, -0.15) is 0 Å². The number of unbranched alkanes of at least 4 members (excludes halogenated alkanes) is 6. The Balaban J connectivity index is 3.30. The van der Waals surface area contributed by atoms with E-state index < -0.39 is 0 Å². The zero-order chi connectivity index (χ0) is 15.8. The molecule has 4 nitrogen and oxygen atoms in total. The lowest BCUT2D eigenvalue weighted by molar-refractivity contribution is -0.144. The highest BCUT2D eigenvalue weighted by molar-refractivity contribution is 5.70. The molecular weight excluding hydrogens is 268 g/mol. The summed E-state index contributed by atoms with van der Waals surface area (Å²) in [6, 6.07) is 0. The normalized spacial score (nSPS) is 10.4. The summed E-state index contributed by atoms with van der Waals surface area (Å²) in [5.41, 5.74) is 0. The number of carbonyl (C=O) groups excluding carboxylic acids is 2. The number of hydrogen-bond acceptors (Lipinski definition) is 4. The Kier molecular flexibility index (Phi) is 14.6. The van der Waals surface area contributed by atoms with Gasteiger partial charge in [-0.3, -0.25) is 9.59 Å². The van der Waals surface area contributed by atoms with Crippen LogP contribution < -0.4 is 0 Å². The lowest BCUT2D eigenvalue weighted by atomic mass is 10.1. The van der Waals surface area contributed by atoms with E-state index in [-0.39, 0.29) is 18.5 Å². The number of rotatable bonds is 14. The van der Waals surface area contributed by atoms with Gasteiger partial charge in [-0.15, -0.1) is 0 Å². The van der Waals surface area contributed by atoms with E-state index in [0.717, 1.165) is 51.4 Å². The number of hydrogen-bond donors (Lipinski definition) is 0. The van der Waals surface area contributed by atoms with Crippen LogP contribution in [0, 0.1) is 6.61 Å². The standard InChI is InChI=1S/C17H31O4/c1-3-5-7-9-12-16(18)20-14-11-15-21-17(19)13-10-8-6-4-2/h14H,3-13,15H2,1-2H3. The van der Waals surface area contributed by atoms with E-state index in [9.17, 15) is 9.59 Å². The largest absolute Gasteiger partial charge is 0.466 e. The molecule has 123 valence electrons. The highest BCUT2D eigenvalue weighted by Gasteiger charge is 2.05. The maximum Gasteiger partial charge on any atom is 0.306 e. The molecule has 0 saturated heterocycles. The van der Waals surface area contributed by atoms with E-state index in [2.05, 4.69) is 13.8 Å². The molecule has 0 aliphatic heterocycles. The fourth-order valence-corrected chi connectivity index (χ4v) is 1.90.